The SMILES string of the molecule is O=c1nc2c3ncn(Cc4ccc(Cl)cc4)c3ncnc-2n1Cc1ccc(Cl)cc1. The zero-order valence-corrected chi connectivity index (χ0v) is 17.0. The lowest BCUT2D eigenvalue weighted by Gasteiger charge is -2.04. The van der Waals surface area contributed by atoms with E-state index in [4.69, 9.17) is 23.2 Å². The summed E-state index contributed by atoms with van der Waals surface area (Å²) in [6.07, 6.45) is 3.12. The molecule has 0 spiro atoms. The normalized spacial score (nSPS) is 11.4. The van der Waals surface area contributed by atoms with Crippen molar-refractivity contribution in [2.24, 2.45) is 0 Å². The highest BCUT2D eigenvalue weighted by molar-refractivity contribution is 6.30. The summed E-state index contributed by atoms with van der Waals surface area (Å²) in [4.78, 5) is 30.1. The van der Waals surface area contributed by atoms with Crippen LogP contribution in [-0.4, -0.2) is 29.1 Å². The molecule has 0 radical (unpaired) electrons. The van der Waals surface area contributed by atoms with Gasteiger partial charge in [-0.3, -0.25) is 4.57 Å². The standard InChI is InChI=1S/C21H14Cl2N6O/c22-15-5-1-13(2-6-15)9-28-12-26-17-18-20(25-11-24-19(17)28)29(21(30)27-18)10-14-3-7-16(23)8-4-14/h1-8,11-12H,9-10H2. The molecule has 0 saturated heterocycles. The minimum atomic E-state index is -0.382. The van der Waals surface area contributed by atoms with E-state index in [-0.39, 0.29) is 5.69 Å². The summed E-state index contributed by atoms with van der Waals surface area (Å²) in [5.41, 5.74) is 3.14. The largest absolute Gasteiger partial charge is 0.350 e. The molecule has 148 valence electrons. The van der Waals surface area contributed by atoms with Gasteiger partial charge in [0.2, 0.25) is 0 Å². The topological polar surface area (TPSA) is 78.5 Å². The molecule has 5 rings (SSSR count). The fourth-order valence-electron chi connectivity index (χ4n) is 3.35. The molecule has 7 nitrogen and oxygen atoms in total. The third kappa shape index (κ3) is 3.42. The molecule has 2 aliphatic rings. The lowest BCUT2D eigenvalue weighted by atomic mass is 10.2. The van der Waals surface area contributed by atoms with Crippen LogP contribution in [0.3, 0.4) is 0 Å². The van der Waals surface area contributed by atoms with Crippen molar-refractivity contribution in [1.82, 2.24) is 29.1 Å². The van der Waals surface area contributed by atoms with Crippen LogP contribution in [0.25, 0.3) is 22.7 Å². The van der Waals surface area contributed by atoms with Crippen molar-refractivity contribution in [1.29, 1.82) is 0 Å². The van der Waals surface area contributed by atoms with E-state index in [2.05, 4.69) is 19.9 Å². The lowest BCUT2D eigenvalue weighted by molar-refractivity contribution is 0.758. The number of benzene rings is 2. The minimum absolute atomic E-state index is 0.330. The van der Waals surface area contributed by atoms with Crippen molar-refractivity contribution in [2.75, 3.05) is 0 Å². The van der Waals surface area contributed by atoms with Crippen LogP contribution >= 0.6 is 23.2 Å². The van der Waals surface area contributed by atoms with Crippen molar-refractivity contribution in [2.45, 2.75) is 13.1 Å². The van der Waals surface area contributed by atoms with Crippen molar-refractivity contribution in [3.63, 3.8) is 0 Å². The van der Waals surface area contributed by atoms with Gasteiger partial charge in [-0.25, -0.2) is 19.7 Å². The molecule has 1 aromatic heterocycles. The molecule has 0 bridgehead atoms. The Labute approximate surface area is 180 Å². The van der Waals surface area contributed by atoms with Crippen molar-refractivity contribution in [3.05, 3.63) is 92.8 Å². The molecular weight excluding hydrogens is 423 g/mol. The number of hydrogen-bond donors (Lipinski definition) is 0. The van der Waals surface area contributed by atoms with Crippen LogP contribution in [0.5, 0.6) is 0 Å². The second-order valence-corrected chi connectivity index (χ2v) is 7.70. The zero-order valence-electron chi connectivity index (χ0n) is 15.5. The number of hydrogen-bond acceptors (Lipinski definition) is 5. The van der Waals surface area contributed by atoms with E-state index < -0.39 is 0 Å². The van der Waals surface area contributed by atoms with Gasteiger partial charge in [-0.05, 0) is 35.4 Å². The quantitative estimate of drug-likeness (QED) is 0.426. The molecule has 30 heavy (non-hydrogen) atoms. The van der Waals surface area contributed by atoms with E-state index in [9.17, 15) is 4.79 Å². The van der Waals surface area contributed by atoms with Gasteiger partial charge in [-0.15, -0.1) is 0 Å². The highest BCUT2D eigenvalue weighted by Crippen LogP contribution is 2.24. The highest BCUT2D eigenvalue weighted by atomic mass is 35.5. The molecule has 3 aromatic rings. The molecule has 0 unspecified atom stereocenters. The van der Waals surface area contributed by atoms with Crippen molar-refractivity contribution >= 4 is 34.4 Å². The molecule has 0 N–H and O–H groups in total. The van der Waals surface area contributed by atoms with Gasteiger partial charge in [-0.1, -0.05) is 47.5 Å². The maximum Gasteiger partial charge on any atom is 0.350 e. The summed E-state index contributed by atoms with van der Waals surface area (Å²) in [7, 11) is 0. The lowest BCUT2D eigenvalue weighted by Crippen LogP contribution is -2.17. The zero-order chi connectivity index (χ0) is 20.7. The molecule has 2 aliphatic heterocycles. The van der Waals surface area contributed by atoms with Gasteiger partial charge < -0.3 is 4.57 Å². The molecule has 3 heterocycles. The first-order valence-electron chi connectivity index (χ1n) is 9.14. The number of aromatic nitrogens is 6. The van der Waals surface area contributed by atoms with E-state index >= 15 is 0 Å². The Morgan fingerprint density at radius 2 is 1.43 bits per heavy atom. The predicted octanol–water partition coefficient (Wildman–Crippen LogP) is 3.89. The van der Waals surface area contributed by atoms with Crippen LogP contribution in [0.2, 0.25) is 10.0 Å². The summed E-state index contributed by atoms with van der Waals surface area (Å²) in [5.74, 6) is 0.439. The Morgan fingerprint density at radius 3 is 2.10 bits per heavy atom. The number of nitrogens with zero attached hydrogens (tertiary/aromatic N) is 6. The van der Waals surface area contributed by atoms with Gasteiger partial charge in [-0.2, -0.15) is 4.98 Å². The average Bonchev–Trinajstić information content (AvgIpc) is 3.21. The summed E-state index contributed by atoms with van der Waals surface area (Å²) in [6, 6.07) is 14.9. The molecule has 0 aliphatic carbocycles. The smallest absolute Gasteiger partial charge is 0.311 e. The Kier molecular flexibility index (Phi) is 4.69. The molecule has 0 fully saturated rings. The van der Waals surface area contributed by atoms with Crippen LogP contribution in [-0.2, 0) is 13.1 Å². The predicted molar refractivity (Wildman–Crippen MR) is 115 cm³/mol. The van der Waals surface area contributed by atoms with Gasteiger partial charge in [0.1, 0.15) is 17.5 Å². The maximum absolute atomic E-state index is 12.6. The van der Waals surface area contributed by atoms with Crippen LogP contribution in [0, 0.1) is 0 Å². The number of fused-ring (bicyclic) bond motifs is 3. The molecule has 0 amide bonds. The van der Waals surface area contributed by atoms with Gasteiger partial charge >= 0.3 is 5.69 Å². The van der Waals surface area contributed by atoms with E-state index in [1.165, 1.54) is 10.9 Å². The Morgan fingerprint density at radius 1 is 0.800 bits per heavy atom. The molecule has 9 heteroatoms. The highest BCUT2D eigenvalue weighted by Gasteiger charge is 2.21. The first kappa shape index (κ1) is 18.7. The second kappa shape index (κ2) is 7.51. The van der Waals surface area contributed by atoms with E-state index in [1.807, 2.05) is 41.0 Å². The minimum Gasteiger partial charge on any atom is -0.311 e. The fraction of sp³-hybridized carbons (Fsp3) is 0.0952. The third-order valence-electron chi connectivity index (χ3n) is 4.82. The monoisotopic (exact) mass is 436 g/mol. The molecular formula is C21H14Cl2N6O. The second-order valence-electron chi connectivity index (χ2n) is 6.82. The van der Waals surface area contributed by atoms with Gasteiger partial charge in [0.25, 0.3) is 0 Å². The van der Waals surface area contributed by atoms with Crippen LogP contribution < -0.4 is 5.69 Å². The van der Waals surface area contributed by atoms with Crippen LogP contribution in [0.15, 0.2) is 66.0 Å². The van der Waals surface area contributed by atoms with Crippen molar-refractivity contribution < 1.29 is 0 Å². The molecule has 0 atom stereocenters. The molecule has 0 saturated carbocycles. The Hall–Kier alpha value is -3.29. The van der Waals surface area contributed by atoms with Crippen LogP contribution in [0.1, 0.15) is 11.1 Å². The fourth-order valence-corrected chi connectivity index (χ4v) is 3.60. The van der Waals surface area contributed by atoms with E-state index in [0.717, 1.165) is 11.1 Å². The van der Waals surface area contributed by atoms with Crippen LogP contribution in [0.4, 0.5) is 0 Å². The summed E-state index contributed by atoms with van der Waals surface area (Å²) < 4.78 is 3.40. The van der Waals surface area contributed by atoms with Gasteiger partial charge in [0.05, 0.1) is 19.4 Å². The van der Waals surface area contributed by atoms with Gasteiger partial charge in [0.15, 0.2) is 11.5 Å². The summed E-state index contributed by atoms with van der Waals surface area (Å²) >= 11 is 11.9. The number of halogens is 2. The Bertz CT molecular complexity index is 1380. The van der Waals surface area contributed by atoms with E-state index in [1.54, 1.807) is 18.5 Å². The third-order valence-corrected chi connectivity index (χ3v) is 5.32. The first-order valence-corrected chi connectivity index (χ1v) is 9.89. The average molecular weight is 437 g/mol. The summed E-state index contributed by atoms with van der Waals surface area (Å²) in [6.45, 7) is 0.887. The number of rotatable bonds is 4. The first-order chi connectivity index (χ1) is 14.6. The number of imidazole rings is 2. The Balaban J connectivity index is 1.56. The maximum atomic E-state index is 12.6. The van der Waals surface area contributed by atoms with Gasteiger partial charge in [0, 0.05) is 10.0 Å². The molecule has 2 aromatic carbocycles. The van der Waals surface area contributed by atoms with Crippen molar-refractivity contribution in [3.8, 4) is 11.5 Å². The van der Waals surface area contributed by atoms with E-state index in [0.29, 0.717) is 45.8 Å². The summed E-state index contributed by atoms with van der Waals surface area (Å²) in [5, 5.41) is 1.32.